The van der Waals surface area contributed by atoms with Crippen molar-refractivity contribution in [3.8, 4) is 0 Å². The maximum absolute atomic E-state index is 13.2. The summed E-state index contributed by atoms with van der Waals surface area (Å²) in [6.07, 6.45) is 4.10. The van der Waals surface area contributed by atoms with Gasteiger partial charge in [0.1, 0.15) is 10.7 Å². The Morgan fingerprint density at radius 3 is 2.91 bits per heavy atom. The Bertz CT molecular complexity index is 822. The van der Waals surface area contributed by atoms with Gasteiger partial charge in [-0.25, -0.2) is 4.39 Å². The molecule has 0 unspecified atom stereocenters. The minimum atomic E-state index is -3.90. The van der Waals surface area contributed by atoms with E-state index >= 15 is 0 Å². The zero-order chi connectivity index (χ0) is 15.6. The number of nitrogens with one attached hydrogen (secondary N) is 2. The largest absolute Gasteiger partial charge is 0.355 e. The molecular formula is C14H13FN4O2S. The fourth-order valence-corrected chi connectivity index (χ4v) is 3.19. The second-order valence-electron chi connectivity index (χ2n) is 4.72. The van der Waals surface area contributed by atoms with Crippen molar-refractivity contribution in [3.63, 3.8) is 0 Å². The van der Waals surface area contributed by atoms with Crippen molar-refractivity contribution in [3.05, 3.63) is 54.1 Å². The Kier molecular flexibility index (Phi) is 3.76. The third-order valence-electron chi connectivity index (χ3n) is 3.12. The zero-order valence-corrected chi connectivity index (χ0v) is 12.3. The van der Waals surface area contributed by atoms with Crippen molar-refractivity contribution in [1.82, 2.24) is 10.3 Å². The molecule has 0 saturated heterocycles. The lowest BCUT2D eigenvalue weighted by molar-refractivity contribution is 0.592. The number of pyridine rings is 1. The van der Waals surface area contributed by atoms with E-state index in [4.69, 9.17) is 0 Å². The number of hydrogen-bond donors (Lipinski definition) is 2. The summed E-state index contributed by atoms with van der Waals surface area (Å²) in [5.74, 6) is -0.490. The topological polar surface area (TPSA) is 83.5 Å². The molecule has 1 aliphatic rings. The van der Waals surface area contributed by atoms with Crippen LogP contribution in [0.1, 0.15) is 5.56 Å². The van der Waals surface area contributed by atoms with Gasteiger partial charge in [-0.1, -0.05) is 6.07 Å². The molecule has 1 aliphatic heterocycles. The number of halogens is 1. The first-order chi connectivity index (χ1) is 10.5. The van der Waals surface area contributed by atoms with Crippen LogP contribution in [0.3, 0.4) is 0 Å². The molecule has 2 heterocycles. The molecule has 0 radical (unpaired) electrons. The van der Waals surface area contributed by atoms with Gasteiger partial charge in [0.15, 0.2) is 0 Å². The molecule has 114 valence electrons. The van der Waals surface area contributed by atoms with Crippen molar-refractivity contribution in [2.45, 2.75) is 11.3 Å². The Labute approximate surface area is 127 Å². The molecule has 0 fully saturated rings. The number of nitrogens with zero attached hydrogens (tertiary/aromatic N) is 2. The summed E-state index contributed by atoms with van der Waals surface area (Å²) >= 11 is 0. The monoisotopic (exact) mass is 320 g/mol. The van der Waals surface area contributed by atoms with E-state index in [1.807, 2.05) is 12.1 Å². The van der Waals surface area contributed by atoms with E-state index in [-0.39, 0.29) is 10.9 Å². The Morgan fingerprint density at radius 1 is 1.27 bits per heavy atom. The van der Waals surface area contributed by atoms with Gasteiger partial charge in [-0.05, 0) is 36.2 Å². The summed E-state index contributed by atoms with van der Waals surface area (Å²) in [5.41, 5.74) is 1.33. The molecule has 0 bridgehead atoms. The number of fused-ring (bicyclic) bond motifs is 1. The number of rotatable bonds is 3. The van der Waals surface area contributed by atoms with Crippen molar-refractivity contribution < 1.29 is 12.8 Å². The first kappa shape index (κ1) is 14.5. The fraction of sp³-hybridized carbons (Fsp3) is 0.143. The molecule has 1 aromatic heterocycles. The second-order valence-corrected chi connectivity index (χ2v) is 6.29. The predicted octanol–water partition coefficient (Wildman–Crippen LogP) is 1.52. The highest BCUT2D eigenvalue weighted by Gasteiger charge is 2.25. The molecule has 0 aliphatic carbocycles. The highest BCUT2D eigenvalue weighted by atomic mass is 32.2. The van der Waals surface area contributed by atoms with E-state index in [1.54, 1.807) is 12.4 Å². The van der Waals surface area contributed by atoms with Gasteiger partial charge in [-0.2, -0.15) is 8.42 Å². The molecule has 0 saturated carbocycles. The van der Waals surface area contributed by atoms with Gasteiger partial charge in [0, 0.05) is 18.9 Å². The van der Waals surface area contributed by atoms with E-state index in [1.165, 1.54) is 12.1 Å². The first-order valence-electron chi connectivity index (χ1n) is 6.59. The number of aromatic nitrogens is 1. The second kappa shape index (κ2) is 5.72. The van der Waals surface area contributed by atoms with E-state index in [9.17, 15) is 12.8 Å². The van der Waals surface area contributed by atoms with Crippen molar-refractivity contribution in [2.75, 3.05) is 11.9 Å². The van der Waals surface area contributed by atoms with Crippen molar-refractivity contribution in [1.29, 1.82) is 0 Å². The zero-order valence-electron chi connectivity index (χ0n) is 11.5. The smallest absolute Gasteiger partial charge is 0.287 e. The first-order valence-corrected chi connectivity index (χ1v) is 8.03. The van der Waals surface area contributed by atoms with Gasteiger partial charge >= 0.3 is 0 Å². The van der Waals surface area contributed by atoms with Crippen LogP contribution >= 0.6 is 0 Å². The average Bonchev–Trinajstić information content (AvgIpc) is 2.49. The number of hydrogen-bond acceptors (Lipinski definition) is 5. The van der Waals surface area contributed by atoms with Crippen LogP contribution in [0.15, 0.2) is 52.0 Å². The maximum atomic E-state index is 13.2. The Morgan fingerprint density at radius 2 is 2.14 bits per heavy atom. The predicted molar refractivity (Wildman–Crippen MR) is 80.6 cm³/mol. The van der Waals surface area contributed by atoms with Crippen LogP contribution in [0.2, 0.25) is 0 Å². The number of anilines is 1. The van der Waals surface area contributed by atoms with Gasteiger partial charge in [0.05, 0.1) is 5.69 Å². The van der Waals surface area contributed by atoms with Crippen LogP contribution < -0.4 is 10.6 Å². The van der Waals surface area contributed by atoms with E-state index in [0.29, 0.717) is 18.7 Å². The molecule has 2 N–H and O–H groups in total. The van der Waals surface area contributed by atoms with Gasteiger partial charge < -0.3 is 10.6 Å². The van der Waals surface area contributed by atoms with Crippen LogP contribution in [0.5, 0.6) is 0 Å². The summed E-state index contributed by atoms with van der Waals surface area (Å²) in [6.45, 7) is 0.490. The van der Waals surface area contributed by atoms with Gasteiger partial charge in [-0.15, -0.1) is 4.40 Å². The third-order valence-corrected chi connectivity index (χ3v) is 4.43. The number of sulfonamides is 1. The van der Waals surface area contributed by atoms with Gasteiger partial charge in [-0.3, -0.25) is 4.98 Å². The molecule has 2 aromatic rings. The molecule has 1 aromatic carbocycles. The molecule has 0 spiro atoms. The molecule has 0 amide bonds. The molecular weight excluding hydrogens is 307 g/mol. The standard InChI is InChI=1S/C14H13FN4O2S/c15-11-3-4-12-13(8-11)22(20,21)19-14(18-12)17-7-5-10-2-1-6-16-9-10/h1-4,6,8-9H,5,7H2,(H2,17,18,19). The molecule has 8 heteroatoms. The van der Waals surface area contributed by atoms with E-state index < -0.39 is 15.8 Å². The van der Waals surface area contributed by atoms with Crippen molar-refractivity contribution >= 4 is 21.7 Å². The summed E-state index contributed by atoms with van der Waals surface area (Å²) in [5, 5.41) is 5.76. The van der Waals surface area contributed by atoms with Crippen LogP contribution in [0.25, 0.3) is 0 Å². The van der Waals surface area contributed by atoms with Crippen molar-refractivity contribution in [2.24, 2.45) is 4.40 Å². The number of guanidine groups is 1. The van der Waals surface area contributed by atoms with E-state index in [2.05, 4.69) is 20.0 Å². The van der Waals surface area contributed by atoms with Crippen LogP contribution in [-0.4, -0.2) is 25.9 Å². The SMILES string of the molecule is O=S1(=O)N=C(NCCc2cccnc2)Nc2ccc(F)cc21. The third kappa shape index (κ3) is 3.06. The highest BCUT2D eigenvalue weighted by Crippen LogP contribution is 2.27. The average molecular weight is 320 g/mol. The normalized spacial score (nSPS) is 15.4. The summed E-state index contributed by atoms with van der Waals surface area (Å²) in [4.78, 5) is 3.84. The minimum Gasteiger partial charge on any atom is -0.355 e. The van der Waals surface area contributed by atoms with Crippen LogP contribution in [0.4, 0.5) is 10.1 Å². The summed E-state index contributed by atoms with van der Waals surface area (Å²) in [6, 6.07) is 7.29. The molecule has 0 atom stereocenters. The van der Waals surface area contributed by atoms with Crippen LogP contribution in [0, 0.1) is 5.82 Å². The highest BCUT2D eigenvalue weighted by molar-refractivity contribution is 7.90. The summed E-state index contributed by atoms with van der Waals surface area (Å²) < 4.78 is 40.8. The Hall–Kier alpha value is -2.48. The lowest BCUT2D eigenvalue weighted by Gasteiger charge is -2.19. The quantitative estimate of drug-likeness (QED) is 0.896. The minimum absolute atomic E-state index is 0.128. The van der Waals surface area contributed by atoms with Crippen LogP contribution in [-0.2, 0) is 16.4 Å². The van der Waals surface area contributed by atoms with E-state index in [0.717, 1.165) is 11.6 Å². The van der Waals surface area contributed by atoms with Gasteiger partial charge in [0.2, 0.25) is 5.96 Å². The Balaban J connectivity index is 1.72. The summed E-state index contributed by atoms with van der Waals surface area (Å²) in [7, 11) is -3.90. The molecule has 3 rings (SSSR count). The number of benzene rings is 1. The lowest BCUT2D eigenvalue weighted by atomic mass is 10.2. The fourth-order valence-electron chi connectivity index (χ4n) is 2.08. The molecule has 6 nitrogen and oxygen atoms in total. The maximum Gasteiger partial charge on any atom is 0.287 e. The van der Waals surface area contributed by atoms with Gasteiger partial charge in [0.25, 0.3) is 10.0 Å². The molecule has 22 heavy (non-hydrogen) atoms. The lowest BCUT2D eigenvalue weighted by Crippen LogP contribution is -2.35.